The maximum atomic E-state index is 12.4. The molecule has 7 nitrogen and oxygen atoms in total. The molecule has 34 heavy (non-hydrogen) atoms. The summed E-state index contributed by atoms with van der Waals surface area (Å²) in [5, 5.41) is 13.5. The summed E-state index contributed by atoms with van der Waals surface area (Å²) < 4.78 is 18.0. The fraction of sp³-hybridized carbons (Fsp3) is 0.240. The largest absolute Gasteiger partial charge is 0.505 e. The molecule has 0 radical (unpaired) electrons. The topological polar surface area (TPSA) is 97.8 Å². The lowest BCUT2D eigenvalue weighted by Crippen LogP contribution is -2.39. The first-order chi connectivity index (χ1) is 16.2. The van der Waals surface area contributed by atoms with Crippen LogP contribution in [0, 0.1) is 5.41 Å². The molecule has 0 fully saturated rings. The van der Waals surface area contributed by atoms with Crippen molar-refractivity contribution in [3.05, 3.63) is 77.1 Å². The van der Waals surface area contributed by atoms with Crippen LogP contribution in [0.5, 0.6) is 11.5 Å². The Bertz CT molecular complexity index is 1170. The van der Waals surface area contributed by atoms with Crippen molar-refractivity contribution in [2.75, 3.05) is 13.2 Å². The van der Waals surface area contributed by atoms with E-state index in [-0.39, 0.29) is 18.0 Å². The van der Waals surface area contributed by atoms with Gasteiger partial charge < -0.3 is 15.2 Å². The molecule has 178 valence electrons. The normalized spacial score (nSPS) is 11.1. The average molecular weight is 487 g/mol. The lowest BCUT2D eigenvalue weighted by atomic mass is 9.94. The third kappa shape index (κ3) is 6.45. The molecule has 1 aromatic heterocycles. The number of carbonyl (C=O) groups is 2. The van der Waals surface area contributed by atoms with Gasteiger partial charge in [0.25, 0.3) is 5.91 Å². The highest BCUT2D eigenvalue weighted by molar-refractivity contribution is 6.30. The van der Waals surface area contributed by atoms with Crippen molar-refractivity contribution in [2.45, 2.75) is 20.3 Å². The van der Waals surface area contributed by atoms with Crippen molar-refractivity contribution in [2.24, 2.45) is 5.41 Å². The fourth-order valence-electron chi connectivity index (χ4n) is 3.05. The first-order valence-electron chi connectivity index (χ1n) is 10.5. The number of hydrogen-bond donors (Lipinski definition) is 2. The summed E-state index contributed by atoms with van der Waals surface area (Å²) in [6, 6.07) is 16.2. The van der Waals surface area contributed by atoms with Crippen LogP contribution in [0.2, 0.25) is 5.02 Å². The summed E-state index contributed by atoms with van der Waals surface area (Å²) in [5.74, 6) is -1.51. The second-order valence-corrected chi connectivity index (χ2v) is 8.71. The molecule has 0 aliphatic carbocycles. The Morgan fingerprint density at radius 2 is 1.85 bits per heavy atom. The van der Waals surface area contributed by atoms with Crippen molar-refractivity contribution < 1.29 is 28.9 Å². The molecule has 0 saturated heterocycles. The van der Waals surface area contributed by atoms with E-state index in [2.05, 4.69) is 15.2 Å². The van der Waals surface area contributed by atoms with E-state index in [9.17, 15) is 19.2 Å². The van der Waals surface area contributed by atoms with Gasteiger partial charge in [0, 0.05) is 34.3 Å². The summed E-state index contributed by atoms with van der Waals surface area (Å²) >= 11 is 5.90. The Morgan fingerprint density at radius 3 is 2.53 bits per heavy atom. The zero-order chi connectivity index (χ0) is 24.7. The van der Waals surface area contributed by atoms with E-state index in [1.807, 2.05) is 48.5 Å². The lowest BCUT2D eigenvalue weighted by Gasteiger charge is -2.19. The number of aromatic hydroxyl groups is 1. The second-order valence-electron chi connectivity index (χ2n) is 8.28. The van der Waals surface area contributed by atoms with Crippen LogP contribution in [0.4, 0.5) is 4.53 Å². The van der Waals surface area contributed by atoms with Gasteiger partial charge in [-0.3, -0.25) is 9.74 Å². The van der Waals surface area contributed by atoms with Gasteiger partial charge in [-0.15, -0.1) is 0 Å². The number of nitrogens with one attached hydrogen (secondary N) is 1. The van der Waals surface area contributed by atoms with Gasteiger partial charge in [0.2, 0.25) is 0 Å². The quantitative estimate of drug-likeness (QED) is 0.446. The molecule has 3 rings (SSSR count). The third-order valence-electron chi connectivity index (χ3n) is 5.14. The molecule has 0 aliphatic rings. The molecule has 1 amide bonds. The molecule has 1 heterocycles. The Balaban J connectivity index is 1.64. The van der Waals surface area contributed by atoms with Gasteiger partial charge in [-0.2, -0.15) is 0 Å². The first kappa shape index (κ1) is 25.0. The van der Waals surface area contributed by atoms with Crippen molar-refractivity contribution in [3.8, 4) is 22.6 Å². The number of rotatable bonds is 9. The number of halogens is 2. The molecule has 0 bridgehead atoms. The number of carbonyl (C=O) groups excluding carboxylic acids is 2. The summed E-state index contributed by atoms with van der Waals surface area (Å²) in [6.45, 7) is 3.10. The van der Waals surface area contributed by atoms with Crippen LogP contribution in [0.1, 0.15) is 29.9 Å². The lowest BCUT2D eigenvalue weighted by molar-refractivity contribution is -0.194. The van der Waals surface area contributed by atoms with Crippen molar-refractivity contribution >= 4 is 23.5 Å². The van der Waals surface area contributed by atoms with Crippen LogP contribution in [0.15, 0.2) is 60.8 Å². The predicted molar refractivity (Wildman–Crippen MR) is 125 cm³/mol. The second kappa shape index (κ2) is 11.0. The molecule has 2 aromatic carbocycles. The summed E-state index contributed by atoms with van der Waals surface area (Å²) in [4.78, 5) is 31.1. The summed E-state index contributed by atoms with van der Waals surface area (Å²) in [6.07, 6.45) is 2.16. The number of pyridine rings is 1. The molecule has 2 N–H and O–H groups in total. The smallest absolute Gasteiger partial charge is 0.356 e. The van der Waals surface area contributed by atoms with Gasteiger partial charge >= 0.3 is 5.97 Å². The van der Waals surface area contributed by atoms with Gasteiger partial charge in [0.1, 0.15) is 11.5 Å². The first-order valence-corrected chi connectivity index (χ1v) is 10.9. The standard InChI is InChI=1S/C25H24ClFN2O5/c1-25(2,24(32)34-27)15-29-23(31)22-21(30)13-18(14-28-22)17-4-3-5-20(12-17)33-11-10-16-6-8-19(26)9-7-16/h3-9,12-14,30H,10-11,15H2,1-2H3,(H,29,31). The van der Waals surface area contributed by atoms with Gasteiger partial charge in [0.05, 0.1) is 12.0 Å². The van der Waals surface area contributed by atoms with Gasteiger partial charge in [-0.1, -0.05) is 35.9 Å². The molecular weight excluding hydrogens is 463 g/mol. The van der Waals surface area contributed by atoms with Crippen molar-refractivity contribution in [1.29, 1.82) is 0 Å². The highest BCUT2D eigenvalue weighted by Crippen LogP contribution is 2.28. The van der Waals surface area contributed by atoms with Gasteiger partial charge in [0.15, 0.2) is 5.69 Å². The minimum atomic E-state index is -1.28. The van der Waals surface area contributed by atoms with E-state index >= 15 is 0 Å². The molecule has 3 aromatic rings. The molecule has 0 unspecified atom stereocenters. The van der Waals surface area contributed by atoms with Crippen LogP contribution < -0.4 is 10.1 Å². The van der Waals surface area contributed by atoms with Crippen molar-refractivity contribution in [3.63, 3.8) is 0 Å². The SMILES string of the molecule is CC(C)(CNC(=O)c1ncc(-c2cccc(OCCc3ccc(Cl)cc3)c2)cc1O)C(=O)OF. The number of nitrogens with zero attached hydrogens (tertiary/aromatic N) is 1. The van der Waals surface area contributed by atoms with E-state index in [4.69, 9.17) is 16.3 Å². The Morgan fingerprint density at radius 1 is 1.12 bits per heavy atom. The summed E-state index contributed by atoms with van der Waals surface area (Å²) in [7, 11) is 0. The maximum Gasteiger partial charge on any atom is 0.356 e. The molecule has 0 saturated carbocycles. The predicted octanol–water partition coefficient (Wildman–Crippen LogP) is 4.91. The highest BCUT2D eigenvalue weighted by atomic mass is 35.5. The van der Waals surface area contributed by atoms with Crippen LogP contribution in [-0.2, 0) is 16.2 Å². The minimum Gasteiger partial charge on any atom is -0.505 e. The monoisotopic (exact) mass is 486 g/mol. The van der Waals surface area contributed by atoms with E-state index in [1.54, 1.807) is 0 Å². The molecular formula is C25H24ClFN2O5. The number of aromatic nitrogens is 1. The van der Waals surface area contributed by atoms with Gasteiger partial charge in [-0.25, -0.2) is 9.78 Å². The van der Waals surface area contributed by atoms with Crippen LogP contribution in [0.25, 0.3) is 11.1 Å². The van der Waals surface area contributed by atoms with Crippen LogP contribution in [0.3, 0.4) is 0 Å². The highest BCUT2D eigenvalue weighted by Gasteiger charge is 2.31. The Hall–Kier alpha value is -3.65. The maximum absolute atomic E-state index is 12.4. The zero-order valence-electron chi connectivity index (χ0n) is 18.7. The third-order valence-corrected chi connectivity index (χ3v) is 5.39. The van der Waals surface area contributed by atoms with E-state index in [0.29, 0.717) is 29.4 Å². The van der Waals surface area contributed by atoms with E-state index in [0.717, 1.165) is 11.1 Å². The molecule has 0 atom stereocenters. The number of benzene rings is 2. The number of ether oxygens (including phenoxy) is 1. The van der Waals surface area contributed by atoms with Gasteiger partial charge in [-0.05, 0) is 55.3 Å². The minimum absolute atomic E-state index is 0.202. The average Bonchev–Trinajstić information content (AvgIpc) is 2.83. The molecule has 0 aliphatic heterocycles. The van der Waals surface area contributed by atoms with Crippen LogP contribution in [-0.4, -0.2) is 35.1 Å². The van der Waals surface area contributed by atoms with E-state index < -0.39 is 17.3 Å². The Kier molecular flexibility index (Phi) is 8.07. The molecule has 0 spiro atoms. The summed E-state index contributed by atoms with van der Waals surface area (Å²) in [5.41, 5.74) is 0.926. The van der Waals surface area contributed by atoms with E-state index in [1.165, 1.54) is 26.1 Å². The van der Waals surface area contributed by atoms with Crippen molar-refractivity contribution in [1.82, 2.24) is 10.3 Å². The number of amides is 1. The fourth-order valence-corrected chi connectivity index (χ4v) is 3.18. The Labute approximate surface area is 201 Å². The zero-order valence-corrected chi connectivity index (χ0v) is 19.4. The van der Waals surface area contributed by atoms with Crippen LogP contribution >= 0.6 is 11.6 Å². The number of hydrogen-bond acceptors (Lipinski definition) is 6. The molecule has 9 heteroatoms.